The van der Waals surface area contributed by atoms with Gasteiger partial charge in [-0.15, -0.1) is 0 Å². The van der Waals surface area contributed by atoms with Gasteiger partial charge in [0.2, 0.25) is 0 Å². The average Bonchev–Trinajstić information content (AvgIpc) is 3.32. The Balaban J connectivity index is 0.000000213. The Bertz CT molecular complexity index is 2810. The number of carboxylic acid groups (broad SMARTS) is 1. The number of nitrogens with one attached hydrogen (secondary N) is 1. The number of anilines is 3. The molecule has 18 heteroatoms. The van der Waals surface area contributed by atoms with Crippen LogP contribution in [0, 0.1) is 45.3 Å². The van der Waals surface area contributed by atoms with Gasteiger partial charge in [-0.3, -0.25) is 9.97 Å². The molecule has 4 heterocycles. The Hall–Kier alpha value is -8.81. The van der Waals surface area contributed by atoms with Crippen molar-refractivity contribution < 1.29 is 23.1 Å². The first kappa shape index (κ1) is 47.9. The molecule has 7 rings (SSSR count). The molecular formula is C46H35F3N12O2S. The van der Waals surface area contributed by atoms with E-state index in [1.807, 2.05) is 115 Å². The van der Waals surface area contributed by atoms with E-state index in [4.69, 9.17) is 27.1 Å². The molecule has 4 aromatic heterocycles. The van der Waals surface area contributed by atoms with Crippen LogP contribution in [-0.2, 0) is 17.9 Å². The predicted octanol–water partition coefficient (Wildman–Crippen LogP) is 8.48. The zero-order chi connectivity index (χ0) is 46.5. The van der Waals surface area contributed by atoms with Gasteiger partial charge in [0.1, 0.15) is 63.4 Å². The summed E-state index contributed by atoms with van der Waals surface area (Å²) in [6, 6.07) is 44.2. The Morgan fingerprint density at radius 3 is 1.48 bits per heavy atom. The van der Waals surface area contributed by atoms with Crippen LogP contribution in [0.15, 0.2) is 150 Å². The number of aromatic nitrogens is 4. The highest BCUT2D eigenvalue weighted by atomic mass is 32.2. The van der Waals surface area contributed by atoms with E-state index in [9.17, 15) is 34.2 Å². The molecule has 0 aliphatic carbocycles. The smallest absolute Gasteiger partial charge is 0.475 e. The van der Waals surface area contributed by atoms with Gasteiger partial charge >= 0.3 is 12.1 Å². The molecule has 0 unspecified atom stereocenters. The molecule has 0 atom stereocenters. The third kappa shape index (κ3) is 13.3. The van der Waals surface area contributed by atoms with E-state index in [0.717, 1.165) is 27.1 Å². The number of nitrogen functional groups attached to an aromatic ring is 2. The number of pyridine rings is 4. The largest absolute Gasteiger partial charge is 0.490 e. The number of nitrogens with zero attached hydrogens (tertiary/aromatic N) is 8. The molecule has 0 spiro atoms. The second-order valence-corrected chi connectivity index (χ2v) is 13.6. The minimum atomic E-state index is -5.08. The van der Waals surface area contributed by atoms with Crippen LogP contribution in [-0.4, -0.2) is 37.2 Å². The monoisotopic (exact) mass is 876 g/mol. The summed E-state index contributed by atoms with van der Waals surface area (Å²) in [4.78, 5) is 26.3. The molecular weight excluding hydrogens is 842 g/mol. The van der Waals surface area contributed by atoms with Crippen molar-refractivity contribution in [2.24, 2.45) is 5.73 Å². The van der Waals surface area contributed by atoms with Gasteiger partial charge in [-0.05, 0) is 46.5 Å². The second-order valence-electron chi connectivity index (χ2n) is 12.6. The predicted molar refractivity (Wildman–Crippen MR) is 235 cm³/mol. The van der Waals surface area contributed by atoms with Crippen LogP contribution >= 0.6 is 11.8 Å². The summed E-state index contributed by atoms with van der Waals surface area (Å²) < 4.78 is 31.7. The maximum Gasteiger partial charge on any atom is 0.490 e. The van der Waals surface area contributed by atoms with Crippen molar-refractivity contribution in [2.45, 2.75) is 29.2 Å². The molecule has 0 fully saturated rings. The van der Waals surface area contributed by atoms with Crippen molar-refractivity contribution in [1.29, 1.82) is 21.0 Å². The second kappa shape index (κ2) is 23.8. The van der Waals surface area contributed by atoms with Crippen LogP contribution < -0.4 is 22.5 Å². The van der Waals surface area contributed by atoms with Gasteiger partial charge in [-0.2, -0.15) is 34.2 Å². The lowest BCUT2D eigenvalue weighted by Gasteiger charge is -2.14. The molecule has 318 valence electrons. The van der Waals surface area contributed by atoms with Crippen molar-refractivity contribution in [2.75, 3.05) is 16.8 Å². The summed E-state index contributed by atoms with van der Waals surface area (Å²) in [6.07, 6.45) is 1.83. The number of alkyl halides is 3. The van der Waals surface area contributed by atoms with Gasteiger partial charge in [0.15, 0.2) is 0 Å². The topological polar surface area (TPSA) is 274 Å². The molecule has 8 N–H and O–H groups in total. The highest BCUT2D eigenvalue weighted by Crippen LogP contribution is 2.38. The van der Waals surface area contributed by atoms with Crippen molar-refractivity contribution >= 4 is 35.2 Å². The zero-order valence-corrected chi connectivity index (χ0v) is 34.2. The van der Waals surface area contributed by atoms with Crippen molar-refractivity contribution in [1.82, 2.24) is 19.9 Å². The number of aliphatic carboxylic acids is 1. The summed E-state index contributed by atoms with van der Waals surface area (Å²) in [5.74, 6) is -2.18. The number of carbonyl (C=O) groups is 1. The van der Waals surface area contributed by atoms with Gasteiger partial charge in [-0.25, -0.2) is 14.8 Å². The average molecular weight is 877 g/mol. The summed E-state index contributed by atoms with van der Waals surface area (Å²) >= 11 is 1.36. The minimum absolute atomic E-state index is 0.0917. The highest BCUT2D eigenvalue weighted by molar-refractivity contribution is 7.99. The van der Waals surface area contributed by atoms with Crippen LogP contribution in [0.4, 0.5) is 30.6 Å². The van der Waals surface area contributed by atoms with E-state index in [1.165, 1.54) is 11.8 Å². The first-order valence-corrected chi connectivity index (χ1v) is 19.3. The third-order valence-corrected chi connectivity index (χ3v) is 9.33. The van der Waals surface area contributed by atoms with E-state index in [2.05, 4.69) is 49.5 Å². The Kier molecular flexibility index (Phi) is 17.8. The summed E-state index contributed by atoms with van der Waals surface area (Å²) in [5, 5.41) is 49.1. The lowest BCUT2D eigenvalue weighted by Crippen LogP contribution is -2.21. The fourth-order valence-electron chi connectivity index (χ4n) is 5.42. The lowest BCUT2D eigenvalue weighted by molar-refractivity contribution is -0.192. The van der Waals surface area contributed by atoms with E-state index < -0.39 is 12.1 Å². The van der Waals surface area contributed by atoms with E-state index in [-0.39, 0.29) is 22.8 Å². The van der Waals surface area contributed by atoms with E-state index >= 15 is 0 Å². The Labute approximate surface area is 369 Å². The van der Waals surface area contributed by atoms with Crippen LogP contribution in [0.25, 0.3) is 22.3 Å². The zero-order valence-electron chi connectivity index (χ0n) is 33.4. The van der Waals surface area contributed by atoms with Crippen LogP contribution in [0.2, 0.25) is 0 Å². The third-order valence-electron chi connectivity index (χ3n) is 8.33. The number of halogens is 3. The molecule has 0 radical (unpaired) electrons. The molecule has 0 aliphatic rings. The van der Waals surface area contributed by atoms with Crippen LogP contribution in [0.1, 0.15) is 33.4 Å². The van der Waals surface area contributed by atoms with E-state index in [0.29, 0.717) is 46.2 Å². The van der Waals surface area contributed by atoms with Crippen molar-refractivity contribution in [3.05, 3.63) is 173 Å². The molecule has 3 aromatic carbocycles. The van der Waals surface area contributed by atoms with Crippen LogP contribution in [0.5, 0.6) is 0 Å². The van der Waals surface area contributed by atoms with Gasteiger partial charge in [-0.1, -0.05) is 103 Å². The molecule has 0 amide bonds. The number of rotatable bonds is 8. The van der Waals surface area contributed by atoms with E-state index in [1.54, 1.807) is 24.8 Å². The summed E-state index contributed by atoms with van der Waals surface area (Å²) in [7, 11) is 0. The number of nitriles is 4. The normalized spacial score (nSPS) is 9.94. The highest BCUT2D eigenvalue weighted by Gasteiger charge is 2.38. The summed E-state index contributed by atoms with van der Waals surface area (Å²) in [5.41, 5.74) is 22.9. The molecule has 0 bridgehead atoms. The minimum Gasteiger partial charge on any atom is -0.475 e. The van der Waals surface area contributed by atoms with Gasteiger partial charge < -0.3 is 27.6 Å². The molecule has 14 nitrogen and oxygen atoms in total. The fourth-order valence-corrected chi connectivity index (χ4v) is 6.33. The molecule has 64 heavy (non-hydrogen) atoms. The molecule has 0 aliphatic heterocycles. The number of hydrogen-bond acceptors (Lipinski definition) is 14. The molecule has 0 saturated heterocycles. The SMILES string of the molecule is N#Cc1c(N)nc(NCc2cccnc2)c(C#N)c1-c1ccccc1.N#Cc1c(N)nc(Sc2ccccc2)c(C#N)c1-c1ccccc1.NCc1cccnc1.O=C(O)C(F)(F)F. The van der Waals surface area contributed by atoms with Gasteiger partial charge in [0.25, 0.3) is 0 Å². The van der Waals surface area contributed by atoms with Gasteiger partial charge in [0.05, 0.1) is 5.56 Å². The maximum absolute atomic E-state index is 10.6. The molecule has 0 saturated carbocycles. The first-order chi connectivity index (χ1) is 30.9. The first-order valence-electron chi connectivity index (χ1n) is 18.5. The number of nitrogens with two attached hydrogens (primary N) is 3. The standard InChI is InChI=1S/C19H14N6.C19H12N4S.C6H8N2.C2HF3O2/c20-9-15-17(14-6-2-1-3-7-14)16(10-21)19(25-18(15)22)24-12-13-5-4-8-23-11-13;20-11-15-17(13-7-3-1-4-8-13)16(12-21)19(23-18(15)22)24-14-9-5-2-6-10-14;7-4-6-2-1-3-8-5-6;3-2(4,5)1(6)7/h1-8,11H,12H2,(H3,22,24,25);1-10H,(H2,22,23);1-3,5H,4,7H2;(H,6,7). The Morgan fingerprint density at radius 1 is 0.641 bits per heavy atom. The Morgan fingerprint density at radius 2 is 1.08 bits per heavy atom. The quantitative estimate of drug-likeness (QED) is 0.0957. The fraction of sp³-hybridized carbons (Fsp3) is 0.0652. The maximum atomic E-state index is 10.6. The van der Waals surface area contributed by atoms with Crippen molar-refractivity contribution in [3.63, 3.8) is 0 Å². The van der Waals surface area contributed by atoms with Gasteiger partial charge in [0, 0.05) is 53.9 Å². The molecule has 7 aromatic rings. The number of hydrogen-bond donors (Lipinski definition) is 5. The van der Waals surface area contributed by atoms with Crippen molar-refractivity contribution in [3.8, 4) is 46.5 Å². The van der Waals surface area contributed by atoms with Crippen LogP contribution in [0.3, 0.4) is 0 Å². The summed E-state index contributed by atoms with van der Waals surface area (Å²) in [6.45, 7) is 1.02. The lowest BCUT2D eigenvalue weighted by atomic mass is 9.96. The number of benzene rings is 3. The number of carboxylic acids is 1.